The zero-order valence-electron chi connectivity index (χ0n) is 10.4. The molecule has 1 atom stereocenters. The van der Waals surface area contributed by atoms with Crippen molar-refractivity contribution in [3.63, 3.8) is 0 Å². The molecule has 0 bridgehead atoms. The van der Waals surface area contributed by atoms with Gasteiger partial charge in [0.25, 0.3) is 0 Å². The van der Waals surface area contributed by atoms with Gasteiger partial charge in [0, 0.05) is 26.4 Å². The molecule has 2 rings (SSSR count). The Morgan fingerprint density at radius 1 is 1.59 bits per heavy atom. The molecule has 1 fully saturated rings. The first-order valence-corrected chi connectivity index (χ1v) is 6.28. The van der Waals surface area contributed by atoms with E-state index in [4.69, 9.17) is 10.5 Å². The van der Waals surface area contributed by atoms with Crippen molar-refractivity contribution in [2.75, 3.05) is 31.6 Å². The topological polar surface area (TPSA) is 51.4 Å². The van der Waals surface area contributed by atoms with Crippen LogP contribution in [0.3, 0.4) is 0 Å². The van der Waals surface area contributed by atoms with Crippen molar-refractivity contribution >= 4 is 5.82 Å². The molecule has 94 valence electrons. The number of anilines is 1. The van der Waals surface area contributed by atoms with E-state index in [0.717, 1.165) is 31.8 Å². The maximum atomic E-state index is 5.65. The lowest BCUT2D eigenvalue weighted by Gasteiger charge is -2.23. The van der Waals surface area contributed by atoms with Crippen molar-refractivity contribution in [2.45, 2.75) is 25.4 Å². The Kier molecular flexibility index (Phi) is 4.34. The fraction of sp³-hybridized carbons (Fsp3) is 0.615. The molecule has 0 aromatic carbocycles. The Labute approximate surface area is 103 Å². The molecular weight excluding hydrogens is 214 g/mol. The molecule has 4 heteroatoms. The van der Waals surface area contributed by atoms with Crippen LogP contribution >= 0.6 is 0 Å². The molecule has 1 saturated heterocycles. The van der Waals surface area contributed by atoms with Crippen molar-refractivity contribution < 1.29 is 4.74 Å². The van der Waals surface area contributed by atoms with Crippen LogP contribution in [0.1, 0.15) is 18.4 Å². The fourth-order valence-corrected chi connectivity index (χ4v) is 2.30. The highest BCUT2D eigenvalue weighted by molar-refractivity contribution is 5.46. The second-order valence-corrected chi connectivity index (χ2v) is 4.54. The Hall–Kier alpha value is -1.13. The summed E-state index contributed by atoms with van der Waals surface area (Å²) in [5, 5.41) is 0. The van der Waals surface area contributed by atoms with Crippen molar-refractivity contribution in [2.24, 2.45) is 5.73 Å². The minimum atomic E-state index is 0.354. The van der Waals surface area contributed by atoms with E-state index in [9.17, 15) is 0 Å². The quantitative estimate of drug-likeness (QED) is 0.833. The third-order valence-corrected chi connectivity index (χ3v) is 3.14. The highest BCUT2D eigenvalue weighted by atomic mass is 16.5. The van der Waals surface area contributed by atoms with E-state index in [2.05, 4.69) is 23.0 Å². The van der Waals surface area contributed by atoms with Gasteiger partial charge < -0.3 is 15.4 Å². The first-order chi connectivity index (χ1) is 8.31. The number of aromatic nitrogens is 1. The summed E-state index contributed by atoms with van der Waals surface area (Å²) in [4.78, 5) is 6.64. The Morgan fingerprint density at radius 3 is 3.18 bits per heavy atom. The summed E-state index contributed by atoms with van der Waals surface area (Å²) in [5.41, 5.74) is 6.84. The van der Waals surface area contributed by atoms with Gasteiger partial charge in [0.1, 0.15) is 5.82 Å². The molecule has 0 saturated carbocycles. The van der Waals surface area contributed by atoms with Crippen LogP contribution in [-0.4, -0.2) is 37.8 Å². The van der Waals surface area contributed by atoms with E-state index in [1.54, 1.807) is 0 Å². The molecule has 4 nitrogen and oxygen atoms in total. The summed E-state index contributed by atoms with van der Waals surface area (Å²) in [7, 11) is 2.07. The van der Waals surface area contributed by atoms with Crippen LogP contribution in [0.2, 0.25) is 0 Å². The molecule has 1 aliphatic rings. The molecular formula is C13H21N3O. The van der Waals surface area contributed by atoms with E-state index < -0.39 is 0 Å². The summed E-state index contributed by atoms with van der Waals surface area (Å²) in [6.07, 6.45) is 5.40. The Bertz CT molecular complexity index is 350. The Balaban J connectivity index is 2.03. The van der Waals surface area contributed by atoms with Gasteiger partial charge in [-0.05, 0) is 37.4 Å². The number of nitrogens with two attached hydrogens (primary N) is 1. The minimum absolute atomic E-state index is 0.354. The van der Waals surface area contributed by atoms with Gasteiger partial charge in [0.05, 0.1) is 6.10 Å². The van der Waals surface area contributed by atoms with E-state index >= 15 is 0 Å². The van der Waals surface area contributed by atoms with Crippen molar-refractivity contribution in [1.82, 2.24) is 4.98 Å². The largest absolute Gasteiger partial charge is 0.376 e. The molecule has 1 aromatic rings. The van der Waals surface area contributed by atoms with Crippen molar-refractivity contribution in [3.8, 4) is 0 Å². The Morgan fingerprint density at radius 2 is 2.47 bits per heavy atom. The molecule has 1 aromatic heterocycles. The predicted molar refractivity (Wildman–Crippen MR) is 69.2 cm³/mol. The lowest BCUT2D eigenvalue weighted by atomic mass is 10.1. The van der Waals surface area contributed by atoms with Crippen LogP contribution in [0.4, 0.5) is 5.82 Å². The highest BCUT2D eigenvalue weighted by Gasteiger charge is 2.19. The number of hydrogen-bond acceptors (Lipinski definition) is 4. The molecule has 0 aliphatic carbocycles. The third kappa shape index (κ3) is 3.17. The van der Waals surface area contributed by atoms with Crippen molar-refractivity contribution in [1.29, 1.82) is 0 Å². The second kappa shape index (κ2) is 5.98. The second-order valence-electron chi connectivity index (χ2n) is 4.54. The number of nitrogens with zero attached hydrogens (tertiary/aromatic N) is 2. The number of hydrogen-bond donors (Lipinski definition) is 1. The van der Waals surface area contributed by atoms with Crippen molar-refractivity contribution in [3.05, 3.63) is 23.9 Å². The van der Waals surface area contributed by atoms with Gasteiger partial charge in [-0.2, -0.15) is 0 Å². The summed E-state index contributed by atoms with van der Waals surface area (Å²) in [6, 6.07) is 4.07. The van der Waals surface area contributed by atoms with E-state index in [1.807, 2.05) is 12.3 Å². The van der Waals surface area contributed by atoms with Gasteiger partial charge in [-0.3, -0.25) is 0 Å². The highest BCUT2D eigenvalue weighted by Crippen LogP contribution is 2.19. The summed E-state index contributed by atoms with van der Waals surface area (Å²) in [6.45, 7) is 2.47. The zero-order chi connectivity index (χ0) is 12.1. The standard InChI is InChI=1S/C13H21N3O/c1-16(10-12-5-3-9-17-12)13-11(6-7-14)4-2-8-15-13/h2,4,8,12H,3,5-7,9-10,14H2,1H3. The maximum Gasteiger partial charge on any atom is 0.131 e. The number of pyridine rings is 1. The normalized spacial score (nSPS) is 19.5. The number of likely N-dealkylation sites (N-methyl/N-ethyl adjacent to an activating group) is 1. The van der Waals surface area contributed by atoms with E-state index in [0.29, 0.717) is 12.6 Å². The third-order valence-electron chi connectivity index (χ3n) is 3.14. The number of ether oxygens (including phenoxy) is 1. The lowest BCUT2D eigenvalue weighted by Crippen LogP contribution is -2.30. The van der Waals surface area contributed by atoms with Crippen LogP contribution in [0, 0.1) is 0 Å². The first-order valence-electron chi connectivity index (χ1n) is 6.28. The zero-order valence-corrected chi connectivity index (χ0v) is 10.4. The molecule has 0 radical (unpaired) electrons. The van der Waals surface area contributed by atoms with Gasteiger partial charge in [0.15, 0.2) is 0 Å². The molecule has 1 aliphatic heterocycles. The maximum absolute atomic E-state index is 5.65. The average Bonchev–Trinajstić information content (AvgIpc) is 2.83. The molecule has 0 amide bonds. The van der Waals surface area contributed by atoms with Gasteiger partial charge in [-0.1, -0.05) is 6.07 Å². The van der Waals surface area contributed by atoms with Crippen LogP contribution in [0.15, 0.2) is 18.3 Å². The summed E-state index contributed by atoms with van der Waals surface area (Å²) >= 11 is 0. The smallest absolute Gasteiger partial charge is 0.131 e. The minimum Gasteiger partial charge on any atom is -0.376 e. The molecule has 0 spiro atoms. The predicted octanol–water partition coefficient (Wildman–Crippen LogP) is 1.20. The molecule has 17 heavy (non-hydrogen) atoms. The van der Waals surface area contributed by atoms with Gasteiger partial charge >= 0.3 is 0 Å². The van der Waals surface area contributed by atoms with E-state index in [1.165, 1.54) is 12.0 Å². The summed E-state index contributed by atoms with van der Waals surface area (Å²) in [5.74, 6) is 1.04. The summed E-state index contributed by atoms with van der Waals surface area (Å²) < 4.78 is 5.65. The van der Waals surface area contributed by atoms with Gasteiger partial charge in [-0.15, -0.1) is 0 Å². The van der Waals surface area contributed by atoms with Crippen LogP contribution in [0.5, 0.6) is 0 Å². The van der Waals surface area contributed by atoms with Crippen LogP contribution < -0.4 is 10.6 Å². The first kappa shape index (κ1) is 12.3. The molecule has 2 N–H and O–H groups in total. The molecule has 2 heterocycles. The SMILES string of the molecule is CN(CC1CCCO1)c1ncccc1CCN. The average molecular weight is 235 g/mol. The van der Waals surface area contributed by atoms with E-state index in [-0.39, 0.29) is 0 Å². The number of rotatable bonds is 5. The molecule has 1 unspecified atom stereocenters. The lowest BCUT2D eigenvalue weighted by molar-refractivity contribution is 0.116. The fourth-order valence-electron chi connectivity index (χ4n) is 2.30. The monoisotopic (exact) mass is 235 g/mol. The van der Waals surface area contributed by atoms with Gasteiger partial charge in [-0.25, -0.2) is 4.98 Å². The van der Waals surface area contributed by atoms with Crippen LogP contribution in [-0.2, 0) is 11.2 Å². The van der Waals surface area contributed by atoms with Crippen LogP contribution in [0.25, 0.3) is 0 Å². The van der Waals surface area contributed by atoms with Gasteiger partial charge in [0.2, 0.25) is 0 Å².